The van der Waals surface area contributed by atoms with E-state index in [4.69, 9.17) is 26.5 Å². The lowest BCUT2D eigenvalue weighted by Gasteiger charge is -2.22. The molecule has 0 saturated carbocycles. The van der Waals surface area contributed by atoms with Gasteiger partial charge in [-0.05, 0) is 12.1 Å². The average molecular weight is 399 g/mol. The molecule has 0 amide bonds. The molecular weight excluding hydrogens is 380 g/mol. The molecule has 1 aromatic heterocycles. The number of hydrogen-bond acceptors (Lipinski definition) is 5. The van der Waals surface area contributed by atoms with Crippen LogP contribution in [0.25, 0.3) is 16.6 Å². The van der Waals surface area contributed by atoms with Gasteiger partial charge in [0.2, 0.25) is 0 Å². The number of aryl methyl sites for hydroxylation is 1. The quantitative estimate of drug-likeness (QED) is 0.693. The van der Waals surface area contributed by atoms with Gasteiger partial charge >= 0.3 is 0 Å². The van der Waals surface area contributed by atoms with E-state index in [0.29, 0.717) is 33.6 Å². The molecule has 144 valence electrons. The molecular formula is C20H19ClN4O3. The normalized spacial score (nSPS) is 14.3. The van der Waals surface area contributed by atoms with Crippen molar-refractivity contribution in [3.8, 4) is 11.5 Å². The highest BCUT2D eigenvalue weighted by atomic mass is 35.5. The van der Waals surface area contributed by atoms with Crippen molar-refractivity contribution >= 4 is 39.7 Å². The van der Waals surface area contributed by atoms with Crippen molar-refractivity contribution in [2.45, 2.75) is 0 Å². The lowest BCUT2D eigenvalue weighted by atomic mass is 10.2. The fourth-order valence-corrected chi connectivity index (χ4v) is 3.68. The summed E-state index contributed by atoms with van der Waals surface area (Å²) in [5.41, 5.74) is 2.69. The Morgan fingerprint density at radius 1 is 1.14 bits per heavy atom. The molecule has 0 bridgehead atoms. The molecule has 7 nitrogen and oxygen atoms in total. The van der Waals surface area contributed by atoms with E-state index in [1.54, 1.807) is 17.0 Å². The van der Waals surface area contributed by atoms with Gasteiger partial charge < -0.3 is 24.0 Å². The van der Waals surface area contributed by atoms with Crippen molar-refractivity contribution in [3.63, 3.8) is 0 Å². The van der Waals surface area contributed by atoms with Crippen molar-refractivity contribution in [3.05, 3.63) is 53.0 Å². The number of para-hydroxylation sites is 2. The lowest BCUT2D eigenvalue weighted by Crippen LogP contribution is -2.27. The molecule has 0 saturated heterocycles. The number of ether oxygens (including phenoxy) is 2. The number of methoxy groups -OCH3 is 2. The summed E-state index contributed by atoms with van der Waals surface area (Å²) in [6.45, 7) is 0.124. The van der Waals surface area contributed by atoms with E-state index in [-0.39, 0.29) is 18.1 Å². The summed E-state index contributed by atoms with van der Waals surface area (Å²) in [5.74, 6) is 1.67. The van der Waals surface area contributed by atoms with E-state index in [1.807, 2.05) is 35.9 Å². The van der Waals surface area contributed by atoms with E-state index in [9.17, 15) is 5.11 Å². The number of benzene rings is 2. The summed E-state index contributed by atoms with van der Waals surface area (Å²) in [6, 6.07) is 11.0. The number of fused-ring (bicyclic) bond motifs is 1. The Morgan fingerprint density at radius 2 is 1.86 bits per heavy atom. The summed E-state index contributed by atoms with van der Waals surface area (Å²) in [7, 11) is 4.92. The topological polar surface area (TPSA) is 83.6 Å². The second kappa shape index (κ2) is 6.76. The predicted molar refractivity (Wildman–Crippen MR) is 110 cm³/mol. The maximum Gasteiger partial charge on any atom is 0.148 e. The summed E-state index contributed by atoms with van der Waals surface area (Å²) < 4.78 is 12.6. The highest BCUT2D eigenvalue weighted by Gasteiger charge is 2.34. The smallest absolute Gasteiger partial charge is 0.148 e. The lowest BCUT2D eigenvalue weighted by molar-refractivity contribution is 0.400. The average Bonchev–Trinajstić information content (AvgIpc) is 3.17. The number of aliphatic hydroxyl groups excluding tert-OH is 1. The second-order valence-corrected chi connectivity index (χ2v) is 6.81. The van der Waals surface area contributed by atoms with Gasteiger partial charge in [0, 0.05) is 19.2 Å². The molecule has 2 aromatic carbocycles. The van der Waals surface area contributed by atoms with Crippen molar-refractivity contribution in [2.75, 3.05) is 25.7 Å². The third-order valence-electron chi connectivity index (χ3n) is 4.86. The van der Waals surface area contributed by atoms with Crippen LogP contribution in [-0.2, 0) is 7.05 Å². The summed E-state index contributed by atoms with van der Waals surface area (Å²) in [5, 5.41) is 19.8. The van der Waals surface area contributed by atoms with Crippen LogP contribution in [0.15, 0.2) is 42.2 Å². The number of halogens is 1. The predicted octanol–water partition coefficient (Wildman–Crippen LogP) is 4.01. The highest BCUT2D eigenvalue weighted by molar-refractivity contribution is 6.33. The number of aromatic nitrogens is 2. The van der Waals surface area contributed by atoms with Gasteiger partial charge in [-0.3, -0.25) is 5.41 Å². The number of hydrogen-bond donors (Lipinski definition) is 2. The fourth-order valence-electron chi connectivity index (χ4n) is 3.44. The van der Waals surface area contributed by atoms with E-state index < -0.39 is 0 Å². The maximum atomic E-state index is 10.7. The van der Waals surface area contributed by atoms with Crippen LogP contribution < -0.4 is 14.4 Å². The standard InChI is InChI=1S/C20H19ClN4O3/c1-24-13-7-5-4-6-12(13)23-20(24)18-15(26)10-25(19(18)22)14-9-16(27-2)11(21)8-17(14)28-3/h4-9,22,26H,10H2,1-3H3. The highest BCUT2D eigenvalue weighted by Crippen LogP contribution is 2.41. The van der Waals surface area contributed by atoms with E-state index in [0.717, 1.165) is 11.0 Å². The molecule has 1 aliphatic rings. The van der Waals surface area contributed by atoms with Gasteiger partial charge in [-0.15, -0.1) is 0 Å². The van der Waals surface area contributed by atoms with Crippen LogP contribution in [0.3, 0.4) is 0 Å². The van der Waals surface area contributed by atoms with Gasteiger partial charge in [0.25, 0.3) is 0 Å². The zero-order valence-corrected chi connectivity index (χ0v) is 16.4. The Hall–Kier alpha value is -3.19. The van der Waals surface area contributed by atoms with Crippen LogP contribution in [0, 0.1) is 5.41 Å². The van der Waals surface area contributed by atoms with E-state index in [2.05, 4.69) is 4.98 Å². The molecule has 0 atom stereocenters. The first kappa shape index (κ1) is 18.2. The summed E-state index contributed by atoms with van der Waals surface area (Å²) in [4.78, 5) is 6.25. The minimum absolute atomic E-state index is 0.0689. The molecule has 0 spiro atoms. The van der Waals surface area contributed by atoms with Crippen molar-refractivity contribution < 1.29 is 14.6 Å². The fraction of sp³-hybridized carbons (Fsp3) is 0.200. The number of anilines is 1. The van der Waals surface area contributed by atoms with Crippen LogP contribution in [-0.4, -0.2) is 41.3 Å². The Morgan fingerprint density at radius 3 is 2.54 bits per heavy atom. The van der Waals surface area contributed by atoms with Gasteiger partial charge in [0.1, 0.15) is 28.9 Å². The van der Waals surface area contributed by atoms with Crippen LogP contribution >= 0.6 is 11.6 Å². The Labute approximate surface area is 166 Å². The van der Waals surface area contributed by atoms with Crippen molar-refractivity contribution in [1.29, 1.82) is 5.41 Å². The summed E-state index contributed by atoms with van der Waals surface area (Å²) in [6.07, 6.45) is 0. The van der Waals surface area contributed by atoms with Gasteiger partial charge in [0.15, 0.2) is 0 Å². The Bertz CT molecular complexity index is 1140. The SMILES string of the molecule is COc1cc(N2CC(O)=C(c3nc4ccccc4n3C)C2=N)c(OC)cc1Cl. The van der Waals surface area contributed by atoms with Gasteiger partial charge in [-0.25, -0.2) is 4.98 Å². The monoisotopic (exact) mass is 398 g/mol. The minimum atomic E-state index is 0.0689. The first-order valence-electron chi connectivity index (χ1n) is 8.58. The summed E-state index contributed by atoms with van der Waals surface area (Å²) >= 11 is 6.19. The van der Waals surface area contributed by atoms with E-state index in [1.165, 1.54) is 14.2 Å². The molecule has 4 rings (SSSR count). The molecule has 0 fully saturated rings. The molecule has 28 heavy (non-hydrogen) atoms. The number of amidine groups is 1. The first-order chi connectivity index (χ1) is 13.5. The third-order valence-corrected chi connectivity index (χ3v) is 5.15. The molecule has 0 unspecified atom stereocenters. The van der Waals surface area contributed by atoms with Crippen LogP contribution in [0.5, 0.6) is 11.5 Å². The molecule has 8 heteroatoms. The molecule has 2 N–H and O–H groups in total. The molecule has 0 radical (unpaired) electrons. The Kier molecular flexibility index (Phi) is 4.39. The van der Waals surface area contributed by atoms with Crippen LogP contribution in [0.4, 0.5) is 5.69 Å². The second-order valence-electron chi connectivity index (χ2n) is 6.40. The van der Waals surface area contributed by atoms with Gasteiger partial charge in [-0.2, -0.15) is 0 Å². The van der Waals surface area contributed by atoms with Gasteiger partial charge in [0.05, 0.1) is 48.1 Å². The van der Waals surface area contributed by atoms with Crippen LogP contribution in [0.2, 0.25) is 5.02 Å². The number of rotatable bonds is 4. The molecule has 0 aliphatic carbocycles. The first-order valence-corrected chi connectivity index (χ1v) is 8.96. The van der Waals surface area contributed by atoms with Crippen molar-refractivity contribution in [1.82, 2.24) is 9.55 Å². The van der Waals surface area contributed by atoms with E-state index >= 15 is 0 Å². The molecule has 3 aromatic rings. The molecule has 2 heterocycles. The Balaban J connectivity index is 1.80. The molecule has 1 aliphatic heterocycles. The number of nitrogens with one attached hydrogen (secondary N) is 1. The number of imidazole rings is 1. The van der Waals surface area contributed by atoms with Crippen molar-refractivity contribution in [2.24, 2.45) is 7.05 Å². The zero-order chi connectivity index (χ0) is 20.0. The van der Waals surface area contributed by atoms with Crippen LogP contribution in [0.1, 0.15) is 5.82 Å². The van der Waals surface area contributed by atoms with Gasteiger partial charge in [-0.1, -0.05) is 23.7 Å². The largest absolute Gasteiger partial charge is 0.509 e. The maximum absolute atomic E-state index is 10.7. The minimum Gasteiger partial charge on any atom is -0.509 e. The zero-order valence-electron chi connectivity index (χ0n) is 15.7. The number of nitrogens with zero attached hydrogens (tertiary/aromatic N) is 3. The number of aliphatic hydroxyl groups is 1. The third kappa shape index (κ3) is 2.66.